The maximum absolute atomic E-state index is 12.2. The van der Waals surface area contributed by atoms with Crippen LogP contribution in [0.2, 0.25) is 0 Å². The van der Waals surface area contributed by atoms with Crippen molar-refractivity contribution in [2.24, 2.45) is 0 Å². The highest BCUT2D eigenvalue weighted by molar-refractivity contribution is 5.72. The van der Waals surface area contributed by atoms with Crippen molar-refractivity contribution in [2.45, 2.75) is 44.3 Å². The molecule has 1 N–H and O–H groups in total. The molecule has 0 spiro atoms. The van der Waals surface area contributed by atoms with E-state index in [2.05, 4.69) is 25.6 Å². The first-order chi connectivity index (χ1) is 13.5. The van der Waals surface area contributed by atoms with Gasteiger partial charge in [-0.1, -0.05) is 18.1 Å². The number of alkyl halides is 3. The van der Waals surface area contributed by atoms with Crippen molar-refractivity contribution in [2.75, 3.05) is 11.9 Å². The van der Waals surface area contributed by atoms with Gasteiger partial charge in [-0.15, -0.1) is 5.10 Å². The Kier molecular flexibility index (Phi) is 5.01. The van der Waals surface area contributed by atoms with Gasteiger partial charge in [-0.2, -0.15) is 22.8 Å². The fourth-order valence-corrected chi connectivity index (χ4v) is 3.19. The van der Waals surface area contributed by atoms with Gasteiger partial charge < -0.3 is 10.1 Å². The second-order valence-electron chi connectivity index (χ2n) is 6.74. The molecular weight excluding hydrogens is 373 g/mol. The number of ether oxygens (including phenoxy) is 1. The summed E-state index contributed by atoms with van der Waals surface area (Å²) in [4.78, 5) is 8.83. The highest BCUT2D eigenvalue weighted by atomic mass is 19.4. The molecule has 1 aliphatic rings. The first kappa shape index (κ1) is 18.5. The number of hydrogen-bond donors (Lipinski definition) is 1. The zero-order chi connectivity index (χ0) is 19.6. The van der Waals surface area contributed by atoms with Crippen molar-refractivity contribution in [3.8, 4) is 11.4 Å². The Morgan fingerprint density at radius 1 is 1.14 bits per heavy atom. The van der Waals surface area contributed by atoms with Crippen LogP contribution in [0.4, 0.5) is 19.1 Å². The summed E-state index contributed by atoms with van der Waals surface area (Å²) in [6.45, 7) is -0.418. The number of nitrogens with one attached hydrogen (secondary N) is 1. The van der Waals surface area contributed by atoms with E-state index in [9.17, 15) is 13.2 Å². The van der Waals surface area contributed by atoms with Crippen molar-refractivity contribution in [3.63, 3.8) is 0 Å². The molecule has 148 valence electrons. The Morgan fingerprint density at radius 3 is 2.61 bits per heavy atom. The molecule has 10 heteroatoms. The Morgan fingerprint density at radius 2 is 1.89 bits per heavy atom. The van der Waals surface area contributed by atoms with Gasteiger partial charge in [-0.05, 0) is 37.1 Å². The molecule has 0 unspecified atom stereocenters. The summed E-state index contributed by atoms with van der Waals surface area (Å²) in [5.41, 5.74) is 1.79. The van der Waals surface area contributed by atoms with Crippen LogP contribution in [0.3, 0.4) is 0 Å². The minimum Gasteiger partial charge on any atom is -0.493 e. The van der Waals surface area contributed by atoms with Gasteiger partial charge in [0.05, 0.1) is 24.9 Å². The molecule has 2 aromatic heterocycles. The third-order valence-electron chi connectivity index (χ3n) is 4.62. The second kappa shape index (κ2) is 7.61. The van der Waals surface area contributed by atoms with E-state index in [1.807, 2.05) is 0 Å². The SMILES string of the molecule is FC(F)(F)CCOc1ccc(-n2nnc3cnc(NC4CCCC4)nc32)cc1. The fourth-order valence-electron chi connectivity index (χ4n) is 3.19. The van der Waals surface area contributed by atoms with Gasteiger partial charge in [0, 0.05) is 6.04 Å². The number of nitrogens with zero attached hydrogens (tertiary/aromatic N) is 5. The zero-order valence-electron chi connectivity index (χ0n) is 15.0. The molecule has 7 nitrogen and oxygen atoms in total. The molecule has 3 aromatic rings. The number of rotatable bonds is 6. The van der Waals surface area contributed by atoms with Crippen LogP contribution in [0.5, 0.6) is 5.75 Å². The molecule has 4 rings (SSSR count). The summed E-state index contributed by atoms with van der Waals surface area (Å²) < 4.78 is 43.3. The maximum atomic E-state index is 12.2. The van der Waals surface area contributed by atoms with Gasteiger partial charge in [0.15, 0.2) is 11.2 Å². The summed E-state index contributed by atoms with van der Waals surface area (Å²) >= 11 is 0. The number of aromatic nitrogens is 5. The second-order valence-corrected chi connectivity index (χ2v) is 6.74. The Labute approximate surface area is 158 Å². The third-order valence-corrected chi connectivity index (χ3v) is 4.62. The van der Waals surface area contributed by atoms with E-state index in [-0.39, 0.29) is 0 Å². The smallest absolute Gasteiger partial charge is 0.392 e. The molecule has 0 bridgehead atoms. The van der Waals surface area contributed by atoms with E-state index in [0.717, 1.165) is 12.8 Å². The lowest BCUT2D eigenvalue weighted by Crippen LogP contribution is -2.16. The van der Waals surface area contributed by atoms with Gasteiger partial charge in [-0.3, -0.25) is 0 Å². The van der Waals surface area contributed by atoms with Crippen LogP contribution >= 0.6 is 0 Å². The van der Waals surface area contributed by atoms with Crippen molar-refractivity contribution in [1.82, 2.24) is 25.0 Å². The zero-order valence-corrected chi connectivity index (χ0v) is 15.0. The van der Waals surface area contributed by atoms with Crippen molar-refractivity contribution in [3.05, 3.63) is 30.5 Å². The van der Waals surface area contributed by atoms with Crippen molar-refractivity contribution < 1.29 is 17.9 Å². The molecule has 28 heavy (non-hydrogen) atoms. The maximum Gasteiger partial charge on any atom is 0.392 e. The number of anilines is 1. The topological polar surface area (TPSA) is 77.8 Å². The molecule has 0 aliphatic heterocycles. The largest absolute Gasteiger partial charge is 0.493 e. The Hall–Kier alpha value is -2.91. The highest BCUT2D eigenvalue weighted by Crippen LogP contribution is 2.23. The molecule has 1 fully saturated rings. The van der Waals surface area contributed by atoms with Crippen LogP contribution in [0.25, 0.3) is 16.9 Å². The van der Waals surface area contributed by atoms with E-state index in [4.69, 9.17) is 4.74 Å². The van der Waals surface area contributed by atoms with Crippen LogP contribution in [-0.4, -0.2) is 43.8 Å². The van der Waals surface area contributed by atoms with Crippen LogP contribution in [-0.2, 0) is 0 Å². The standard InChI is InChI=1S/C18H19F3N6O/c19-18(20,21)9-10-28-14-7-5-13(6-8-14)27-16-15(25-26-27)11-22-17(24-16)23-12-3-1-2-4-12/h5-8,11-12H,1-4,9-10H2,(H,22,23,24). The van der Waals surface area contributed by atoms with E-state index < -0.39 is 19.2 Å². The van der Waals surface area contributed by atoms with Gasteiger partial charge in [-0.25, -0.2) is 4.98 Å². The van der Waals surface area contributed by atoms with Gasteiger partial charge in [0.2, 0.25) is 5.95 Å². The minimum absolute atomic E-state index is 0.357. The number of halogens is 3. The highest BCUT2D eigenvalue weighted by Gasteiger charge is 2.26. The lowest BCUT2D eigenvalue weighted by Gasteiger charge is -2.11. The van der Waals surface area contributed by atoms with E-state index in [0.29, 0.717) is 34.6 Å². The molecular formula is C18H19F3N6O. The molecule has 0 saturated heterocycles. The van der Waals surface area contributed by atoms with E-state index >= 15 is 0 Å². The number of hydrogen-bond acceptors (Lipinski definition) is 6. The molecule has 0 radical (unpaired) electrons. The van der Waals surface area contributed by atoms with E-state index in [1.54, 1.807) is 35.1 Å². The summed E-state index contributed by atoms with van der Waals surface area (Å²) in [5, 5.41) is 11.5. The molecule has 0 amide bonds. The van der Waals surface area contributed by atoms with Gasteiger partial charge >= 0.3 is 6.18 Å². The lowest BCUT2D eigenvalue weighted by molar-refractivity contribution is -0.139. The molecule has 1 saturated carbocycles. The van der Waals surface area contributed by atoms with Crippen molar-refractivity contribution >= 4 is 17.1 Å². The predicted octanol–water partition coefficient (Wildman–Crippen LogP) is 3.90. The molecule has 1 aromatic carbocycles. The first-order valence-corrected chi connectivity index (χ1v) is 9.13. The molecule has 2 heterocycles. The van der Waals surface area contributed by atoms with Crippen LogP contribution < -0.4 is 10.1 Å². The van der Waals surface area contributed by atoms with E-state index in [1.165, 1.54) is 12.8 Å². The lowest BCUT2D eigenvalue weighted by atomic mass is 10.2. The van der Waals surface area contributed by atoms with Crippen LogP contribution in [0.1, 0.15) is 32.1 Å². The summed E-state index contributed by atoms with van der Waals surface area (Å²) in [6, 6.07) is 6.97. The quantitative estimate of drug-likeness (QED) is 0.686. The monoisotopic (exact) mass is 392 g/mol. The van der Waals surface area contributed by atoms with Crippen LogP contribution in [0, 0.1) is 0 Å². The predicted molar refractivity (Wildman–Crippen MR) is 96.5 cm³/mol. The van der Waals surface area contributed by atoms with Gasteiger partial charge in [0.25, 0.3) is 0 Å². The summed E-state index contributed by atoms with van der Waals surface area (Å²) in [5.74, 6) is 0.894. The van der Waals surface area contributed by atoms with Gasteiger partial charge in [0.1, 0.15) is 5.75 Å². The third kappa shape index (κ3) is 4.32. The number of benzene rings is 1. The Balaban J connectivity index is 1.50. The molecule has 0 atom stereocenters. The summed E-state index contributed by atoms with van der Waals surface area (Å²) in [6.07, 6.45) is 1.02. The summed E-state index contributed by atoms with van der Waals surface area (Å²) in [7, 11) is 0. The Bertz CT molecular complexity index is 935. The van der Waals surface area contributed by atoms with Crippen molar-refractivity contribution in [1.29, 1.82) is 0 Å². The average molecular weight is 392 g/mol. The first-order valence-electron chi connectivity index (χ1n) is 9.13. The normalized spacial score (nSPS) is 15.2. The molecule has 1 aliphatic carbocycles. The minimum atomic E-state index is -4.23. The average Bonchev–Trinajstić information content (AvgIpc) is 3.31. The number of fused-ring (bicyclic) bond motifs is 1. The van der Waals surface area contributed by atoms with Crippen LogP contribution in [0.15, 0.2) is 30.5 Å². The fraction of sp³-hybridized carbons (Fsp3) is 0.444.